The minimum absolute atomic E-state index is 0.275. The number of fused-ring (bicyclic) bond motifs is 2. The number of halogens is 1. The SMILES string of the molecule is COc1ccc(-c2nc3cc(NC(=O)c4cc5ccccc5cc4OC)ccc3o2)cc1Cl. The van der Waals surface area contributed by atoms with Crippen molar-refractivity contribution in [3.63, 3.8) is 0 Å². The molecular weight excluding hydrogens is 440 g/mol. The number of ether oxygens (including phenoxy) is 2. The van der Waals surface area contributed by atoms with E-state index in [1.54, 1.807) is 44.6 Å². The molecule has 0 atom stereocenters. The van der Waals surface area contributed by atoms with Gasteiger partial charge in [-0.2, -0.15) is 0 Å². The summed E-state index contributed by atoms with van der Waals surface area (Å²) >= 11 is 6.23. The van der Waals surface area contributed by atoms with Gasteiger partial charge in [-0.05, 0) is 59.3 Å². The first-order chi connectivity index (χ1) is 16.1. The van der Waals surface area contributed by atoms with Crippen molar-refractivity contribution in [2.75, 3.05) is 19.5 Å². The van der Waals surface area contributed by atoms with Crippen LogP contribution in [0.25, 0.3) is 33.3 Å². The van der Waals surface area contributed by atoms with Gasteiger partial charge in [0.25, 0.3) is 5.91 Å². The molecular formula is C26H19ClN2O4. The van der Waals surface area contributed by atoms with Crippen LogP contribution in [-0.4, -0.2) is 25.1 Å². The molecule has 7 heteroatoms. The van der Waals surface area contributed by atoms with Gasteiger partial charge in [0.15, 0.2) is 5.58 Å². The average molecular weight is 459 g/mol. The molecule has 6 nitrogen and oxygen atoms in total. The van der Waals surface area contributed by atoms with Crippen LogP contribution in [0.5, 0.6) is 11.5 Å². The molecule has 0 aliphatic rings. The Hall–Kier alpha value is -4.03. The summed E-state index contributed by atoms with van der Waals surface area (Å²) < 4.78 is 16.5. The van der Waals surface area contributed by atoms with Crippen LogP contribution in [-0.2, 0) is 0 Å². The van der Waals surface area contributed by atoms with Crippen molar-refractivity contribution in [1.29, 1.82) is 0 Å². The quantitative estimate of drug-likeness (QED) is 0.322. The predicted octanol–water partition coefficient (Wildman–Crippen LogP) is 6.57. The van der Waals surface area contributed by atoms with E-state index in [1.807, 2.05) is 42.5 Å². The highest BCUT2D eigenvalue weighted by Gasteiger charge is 2.16. The Morgan fingerprint density at radius 2 is 1.67 bits per heavy atom. The Morgan fingerprint density at radius 1 is 0.909 bits per heavy atom. The molecule has 1 aromatic heterocycles. The van der Waals surface area contributed by atoms with Crippen molar-refractivity contribution in [3.05, 3.63) is 83.4 Å². The van der Waals surface area contributed by atoms with E-state index in [1.165, 1.54) is 0 Å². The fourth-order valence-corrected chi connectivity index (χ4v) is 3.95. The van der Waals surface area contributed by atoms with Gasteiger partial charge in [0.05, 0.1) is 24.8 Å². The molecule has 5 rings (SSSR count). The minimum atomic E-state index is -0.275. The lowest BCUT2D eigenvalue weighted by molar-refractivity contribution is 0.102. The number of aromatic nitrogens is 1. The second-order valence-corrected chi connectivity index (χ2v) is 7.81. The van der Waals surface area contributed by atoms with E-state index in [2.05, 4.69) is 10.3 Å². The van der Waals surface area contributed by atoms with Crippen LogP contribution in [0.1, 0.15) is 10.4 Å². The molecule has 0 spiro atoms. The predicted molar refractivity (Wildman–Crippen MR) is 129 cm³/mol. The normalized spacial score (nSPS) is 11.0. The summed E-state index contributed by atoms with van der Waals surface area (Å²) in [6.07, 6.45) is 0. The van der Waals surface area contributed by atoms with Crippen LogP contribution < -0.4 is 14.8 Å². The zero-order valence-electron chi connectivity index (χ0n) is 17.9. The largest absolute Gasteiger partial charge is 0.496 e. The van der Waals surface area contributed by atoms with Gasteiger partial charge >= 0.3 is 0 Å². The first-order valence-electron chi connectivity index (χ1n) is 10.2. The number of hydrogen-bond donors (Lipinski definition) is 1. The van der Waals surface area contributed by atoms with Gasteiger partial charge in [0.1, 0.15) is 17.0 Å². The number of carbonyl (C=O) groups is 1. The zero-order valence-corrected chi connectivity index (χ0v) is 18.6. The van der Waals surface area contributed by atoms with E-state index in [9.17, 15) is 4.79 Å². The van der Waals surface area contributed by atoms with Gasteiger partial charge in [0.2, 0.25) is 5.89 Å². The highest BCUT2D eigenvalue weighted by molar-refractivity contribution is 6.32. The molecule has 1 N–H and O–H groups in total. The fraction of sp³-hybridized carbons (Fsp3) is 0.0769. The van der Waals surface area contributed by atoms with E-state index in [0.29, 0.717) is 44.8 Å². The number of benzene rings is 4. The summed E-state index contributed by atoms with van der Waals surface area (Å²) in [5.41, 5.74) is 2.97. The summed E-state index contributed by atoms with van der Waals surface area (Å²) in [6, 6.07) is 22.1. The number of hydrogen-bond acceptors (Lipinski definition) is 5. The smallest absolute Gasteiger partial charge is 0.259 e. The lowest BCUT2D eigenvalue weighted by Crippen LogP contribution is -2.13. The van der Waals surface area contributed by atoms with Crippen LogP contribution in [0, 0.1) is 0 Å². The first kappa shape index (κ1) is 20.8. The number of oxazole rings is 1. The Kier molecular flexibility index (Phi) is 5.36. The van der Waals surface area contributed by atoms with Gasteiger partial charge < -0.3 is 19.2 Å². The molecule has 164 valence electrons. The Balaban J connectivity index is 1.44. The van der Waals surface area contributed by atoms with E-state index in [4.69, 9.17) is 25.5 Å². The minimum Gasteiger partial charge on any atom is -0.496 e. The fourth-order valence-electron chi connectivity index (χ4n) is 3.69. The Labute approximate surface area is 194 Å². The molecule has 0 saturated carbocycles. The summed E-state index contributed by atoms with van der Waals surface area (Å²) in [5.74, 6) is 1.23. The molecule has 0 saturated heterocycles. The monoisotopic (exact) mass is 458 g/mol. The molecule has 5 aromatic rings. The molecule has 1 heterocycles. The summed E-state index contributed by atoms with van der Waals surface area (Å²) in [4.78, 5) is 17.6. The van der Waals surface area contributed by atoms with Crippen molar-refractivity contribution in [2.45, 2.75) is 0 Å². The second-order valence-electron chi connectivity index (χ2n) is 7.40. The topological polar surface area (TPSA) is 73.6 Å². The number of anilines is 1. The average Bonchev–Trinajstić information content (AvgIpc) is 3.26. The van der Waals surface area contributed by atoms with Crippen molar-refractivity contribution in [1.82, 2.24) is 4.98 Å². The molecule has 4 aromatic carbocycles. The van der Waals surface area contributed by atoms with Gasteiger partial charge in [-0.3, -0.25) is 4.79 Å². The van der Waals surface area contributed by atoms with Crippen molar-refractivity contribution in [2.24, 2.45) is 0 Å². The van der Waals surface area contributed by atoms with E-state index >= 15 is 0 Å². The van der Waals surface area contributed by atoms with Crippen LogP contribution in [0.15, 0.2) is 77.2 Å². The van der Waals surface area contributed by atoms with Gasteiger partial charge in [0, 0.05) is 11.3 Å². The standard InChI is InChI=1S/C26H19ClN2O4/c1-31-22-9-7-17(12-20(22)27)26-29-21-14-18(8-10-23(21)33-26)28-25(30)19-11-15-5-3-4-6-16(15)13-24(19)32-2/h3-14H,1-2H3,(H,28,30). The number of carbonyl (C=O) groups excluding carboxylic acids is 1. The number of amides is 1. The molecule has 0 radical (unpaired) electrons. The van der Waals surface area contributed by atoms with E-state index in [-0.39, 0.29) is 5.91 Å². The Bertz CT molecular complexity index is 1510. The molecule has 0 bridgehead atoms. The number of nitrogens with one attached hydrogen (secondary N) is 1. The van der Waals surface area contributed by atoms with E-state index < -0.39 is 0 Å². The molecule has 0 aliphatic carbocycles. The maximum Gasteiger partial charge on any atom is 0.259 e. The van der Waals surface area contributed by atoms with Gasteiger partial charge in [-0.25, -0.2) is 4.98 Å². The molecule has 0 fully saturated rings. The lowest BCUT2D eigenvalue weighted by Gasteiger charge is -2.11. The first-order valence-corrected chi connectivity index (χ1v) is 10.6. The summed E-state index contributed by atoms with van der Waals surface area (Å²) in [5, 5.41) is 5.35. The third-order valence-corrected chi connectivity index (χ3v) is 5.65. The summed E-state index contributed by atoms with van der Waals surface area (Å²) in [6.45, 7) is 0. The number of methoxy groups -OCH3 is 2. The third-order valence-electron chi connectivity index (χ3n) is 5.36. The molecule has 0 aliphatic heterocycles. The zero-order chi connectivity index (χ0) is 22.9. The van der Waals surface area contributed by atoms with Gasteiger partial charge in [-0.1, -0.05) is 35.9 Å². The second kappa shape index (κ2) is 8.48. The van der Waals surface area contributed by atoms with Crippen LogP contribution in [0.2, 0.25) is 5.02 Å². The molecule has 1 amide bonds. The lowest BCUT2D eigenvalue weighted by atomic mass is 10.1. The highest BCUT2D eigenvalue weighted by atomic mass is 35.5. The third kappa shape index (κ3) is 3.97. The highest BCUT2D eigenvalue weighted by Crippen LogP contribution is 2.32. The van der Waals surface area contributed by atoms with Crippen molar-refractivity contribution >= 4 is 45.1 Å². The van der Waals surface area contributed by atoms with Crippen LogP contribution in [0.3, 0.4) is 0 Å². The number of rotatable bonds is 5. The Morgan fingerprint density at radius 3 is 2.39 bits per heavy atom. The summed E-state index contributed by atoms with van der Waals surface area (Å²) in [7, 11) is 3.11. The van der Waals surface area contributed by atoms with Crippen LogP contribution in [0.4, 0.5) is 5.69 Å². The van der Waals surface area contributed by atoms with Gasteiger partial charge in [-0.15, -0.1) is 0 Å². The van der Waals surface area contributed by atoms with Crippen molar-refractivity contribution < 1.29 is 18.7 Å². The van der Waals surface area contributed by atoms with E-state index in [0.717, 1.165) is 16.3 Å². The maximum atomic E-state index is 13.0. The molecule has 0 unspecified atom stereocenters. The number of nitrogens with zero attached hydrogens (tertiary/aromatic N) is 1. The van der Waals surface area contributed by atoms with Crippen LogP contribution >= 0.6 is 11.6 Å². The molecule has 33 heavy (non-hydrogen) atoms. The maximum absolute atomic E-state index is 13.0. The van der Waals surface area contributed by atoms with Crippen molar-refractivity contribution in [3.8, 4) is 23.0 Å².